The molecular formula is C20H23N3O3S. The number of hydrogen-bond donors (Lipinski definition) is 1. The predicted molar refractivity (Wildman–Crippen MR) is 105 cm³/mol. The number of thioether (sulfide) groups is 1. The third-order valence-electron chi connectivity index (χ3n) is 4.21. The zero-order chi connectivity index (χ0) is 19.4. The van der Waals surface area contributed by atoms with E-state index >= 15 is 0 Å². The topological polar surface area (TPSA) is 69.3 Å². The molecule has 142 valence electrons. The van der Waals surface area contributed by atoms with Gasteiger partial charge < -0.3 is 19.0 Å². The Hall–Kier alpha value is -2.67. The first-order chi connectivity index (χ1) is 13.0. The Morgan fingerprint density at radius 1 is 1.37 bits per heavy atom. The molecule has 0 bridgehead atoms. The lowest BCUT2D eigenvalue weighted by atomic mass is 10.0. The second-order valence-electron chi connectivity index (χ2n) is 6.32. The first kappa shape index (κ1) is 19.1. The van der Waals surface area contributed by atoms with Crippen molar-refractivity contribution in [1.82, 2.24) is 14.9 Å². The van der Waals surface area contributed by atoms with Crippen molar-refractivity contribution >= 4 is 17.7 Å². The van der Waals surface area contributed by atoms with Crippen LogP contribution in [0.25, 0.3) is 0 Å². The molecule has 7 heteroatoms. The summed E-state index contributed by atoms with van der Waals surface area (Å²) in [5.74, 6) is 2.14. The van der Waals surface area contributed by atoms with Crippen LogP contribution in [0.3, 0.4) is 0 Å². The largest absolute Gasteiger partial charge is 0.496 e. The van der Waals surface area contributed by atoms with Gasteiger partial charge in [-0.2, -0.15) is 0 Å². The number of furan rings is 1. The second kappa shape index (κ2) is 8.35. The van der Waals surface area contributed by atoms with Crippen LogP contribution in [0.4, 0.5) is 0 Å². The highest BCUT2D eigenvalue weighted by Crippen LogP contribution is 2.27. The van der Waals surface area contributed by atoms with Gasteiger partial charge in [0.25, 0.3) is 5.91 Å². The Morgan fingerprint density at radius 3 is 2.89 bits per heavy atom. The van der Waals surface area contributed by atoms with Gasteiger partial charge in [-0.1, -0.05) is 29.5 Å². The second-order valence-corrected chi connectivity index (χ2v) is 7.26. The van der Waals surface area contributed by atoms with E-state index in [0.717, 1.165) is 27.8 Å². The number of benzene rings is 1. The molecule has 1 N–H and O–H groups in total. The van der Waals surface area contributed by atoms with E-state index in [1.165, 1.54) is 0 Å². The lowest BCUT2D eigenvalue weighted by Gasteiger charge is -2.17. The number of ether oxygens (including phenoxy) is 1. The van der Waals surface area contributed by atoms with E-state index in [1.807, 2.05) is 55.9 Å². The van der Waals surface area contributed by atoms with Crippen LogP contribution in [0.2, 0.25) is 0 Å². The van der Waals surface area contributed by atoms with Gasteiger partial charge in [0.15, 0.2) is 10.9 Å². The van der Waals surface area contributed by atoms with Crippen molar-refractivity contribution in [3.05, 3.63) is 65.4 Å². The molecule has 0 saturated heterocycles. The van der Waals surface area contributed by atoms with Crippen LogP contribution < -0.4 is 10.1 Å². The predicted octanol–water partition coefficient (Wildman–Crippen LogP) is 4.11. The fourth-order valence-corrected chi connectivity index (χ4v) is 3.57. The number of methoxy groups -OCH3 is 1. The minimum atomic E-state index is -0.251. The van der Waals surface area contributed by atoms with Crippen molar-refractivity contribution in [2.45, 2.75) is 30.8 Å². The van der Waals surface area contributed by atoms with E-state index in [2.05, 4.69) is 10.3 Å². The molecule has 0 spiro atoms. The summed E-state index contributed by atoms with van der Waals surface area (Å²) in [7, 11) is 3.57. The van der Waals surface area contributed by atoms with E-state index in [9.17, 15) is 4.79 Å². The Kier molecular flexibility index (Phi) is 5.91. The van der Waals surface area contributed by atoms with Crippen molar-refractivity contribution in [2.24, 2.45) is 7.05 Å². The molecule has 0 fully saturated rings. The summed E-state index contributed by atoms with van der Waals surface area (Å²) in [6.07, 6.45) is 3.65. The number of carbonyl (C=O) groups excluding carboxylic acids is 1. The SMILES string of the molecule is COc1ccc(C)cc1C(C)NC(=O)c1ccc(CSc2nccn2C)o1. The van der Waals surface area contributed by atoms with Gasteiger partial charge in [-0.05, 0) is 32.0 Å². The summed E-state index contributed by atoms with van der Waals surface area (Å²) in [6, 6.07) is 9.22. The van der Waals surface area contributed by atoms with E-state index in [0.29, 0.717) is 11.5 Å². The highest BCUT2D eigenvalue weighted by Gasteiger charge is 2.18. The smallest absolute Gasteiger partial charge is 0.287 e. The van der Waals surface area contributed by atoms with Gasteiger partial charge in [-0.3, -0.25) is 4.79 Å². The third kappa shape index (κ3) is 4.54. The minimum absolute atomic E-state index is 0.206. The van der Waals surface area contributed by atoms with Gasteiger partial charge in [0.1, 0.15) is 11.5 Å². The van der Waals surface area contributed by atoms with Gasteiger partial charge in [-0.15, -0.1) is 0 Å². The summed E-state index contributed by atoms with van der Waals surface area (Å²) >= 11 is 1.56. The lowest BCUT2D eigenvalue weighted by molar-refractivity contribution is 0.0910. The quantitative estimate of drug-likeness (QED) is 0.620. The van der Waals surface area contributed by atoms with Crippen molar-refractivity contribution in [1.29, 1.82) is 0 Å². The molecule has 27 heavy (non-hydrogen) atoms. The van der Waals surface area contributed by atoms with Gasteiger partial charge in [0.05, 0.1) is 18.9 Å². The molecule has 6 nitrogen and oxygen atoms in total. The number of hydrogen-bond acceptors (Lipinski definition) is 5. The van der Waals surface area contributed by atoms with E-state index < -0.39 is 0 Å². The Morgan fingerprint density at radius 2 is 2.19 bits per heavy atom. The summed E-state index contributed by atoms with van der Waals surface area (Å²) in [6.45, 7) is 3.94. The third-order valence-corrected chi connectivity index (χ3v) is 5.29. The van der Waals surface area contributed by atoms with Crippen molar-refractivity contribution < 1.29 is 13.9 Å². The highest BCUT2D eigenvalue weighted by molar-refractivity contribution is 7.98. The van der Waals surface area contributed by atoms with Crippen LogP contribution in [-0.2, 0) is 12.8 Å². The molecule has 3 aromatic rings. The van der Waals surface area contributed by atoms with E-state index in [-0.39, 0.29) is 11.9 Å². The van der Waals surface area contributed by atoms with Gasteiger partial charge in [0.2, 0.25) is 0 Å². The fraction of sp³-hybridized carbons (Fsp3) is 0.300. The van der Waals surface area contributed by atoms with Gasteiger partial charge >= 0.3 is 0 Å². The first-order valence-electron chi connectivity index (χ1n) is 8.62. The summed E-state index contributed by atoms with van der Waals surface area (Å²) in [5.41, 5.74) is 2.04. The summed E-state index contributed by atoms with van der Waals surface area (Å²) in [5, 5.41) is 3.87. The standard InChI is InChI=1S/C20H23N3O3S/c1-13-5-7-17(25-4)16(11-13)14(2)22-19(24)18-8-6-15(26-18)12-27-20-21-9-10-23(20)3/h5-11,14H,12H2,1-4H3,(H,22,24). The zero-order valence-electron chi connectivity index (χ0n) is 15.9. The summed E-state index contributed by atoms with van der Waals surface area (Å²) in [4.78, 5) is 16.8. The molecule has 0 aliphatic carbocycles. The molecule has 1 atom stereocenters. The fourth-order valence-electron chi connectivity index (χ4n) is 2.74. The average Bonchev–Trinajstić information content (AvgIpc) is 3.28. The Balaban J connectivity index is 1.64. The number of imidazole rings is 1. The maximum absolute atomic E-state index is 12.5. The van der Waals surface area contributed by atoms with Crippen LogP contribution in [0.15, 0.2) is 52.3 Å². The monoisotopic (exact) mass is 385 g/mol. The van der Waals surface area contributed by atoms with Gasteiger partial charge in [-0.25, -0.2) is 4.98 Å². The molecule has 1 amide bonds. The Bertz CT molecular complexity index is 932. The molecule has 0 saturated carbocycles. The van der Waals surface area contributed by atoms with Crippen LogP contribution in [-0.4, -0.2) is 22.6 Å². The number of amides is 1. The van der Waals surface area contributed by atoms with Crippen LogP contribution in [0.1, 0.15) is 40.4 Å². The highest BCUT2D eigenvalue weighted by atomic mass is 32.2. The number of carbonyl (C=O) groups is 1. The molecule has 0 aliphatic heterocycles. The van der Waals surface area contributed by atoms with Crippen molar-refractivity contribution in [2.75, 3.05) is 7.11 Å². The molecule has 0 aliphatic rings. The molecular weight excluding hydrogens is 362 g/mol. The number of nitrogens with zero attached hydrogens (tertiary/aromatic N) is 2. The lowest BCUT2D eigenvalue weighted by Crippen LogP contribution is -2.26. The van der Waals surface area contributed by atoms with E-state index in [4.69, 9.17) is 9.15 Å². The number of rotatable bonds is 7. The average molecular weight is 385 g/mol. The van der Waals surface area contributed by atoms with Crippen LogP contribution in [0.5, 0.6) is 5.75 Å². The maximum atomic E-state index is 12.5. The maximum Gasteiger partial charge on any atom is 0.287 e. The minimum Gasteiger partial charge on any atom is -0.496 e. The van der Waals surface area contributed by atoms with Gasteiger partial charge in [0, 0.05) is 25.0 Å². The number of aryl methyl sites for hydroxylation is 2. The van der Waals surface area contributed by atoms with Crippen LogP contribution >= 0.6 is 11.8 Å². The first-order valence-corrected chi connectivity index (χ1v) is 9.60. The number of nitrogens with one attached hydrogen (secondary N) is 1. The molecule has 2 aromatic heterocycles. The molecule has 2 heterocycles. The zero-order valence-corrected chi connectivity index (χ0v) is 16.7. The Labute approximate surface area is 162 Å². The van der Waals surface area contributed by atoms with E-state index in [1.54, 1.807) is 31.1 Å². The van der Waals surface area contributed by atoms with Crippen molar-refractivity contribution in [3.63, 3.8) is 0 Å². The molecule has 3 rings (SSSR count). The van der Waals surface area contributed by atoms with Crippen LogP contribution in [0, 0.1) is 6.92 Å². The van der Waals surface area contributed by atoms with Crippen molar-refractivity contribution in [3.8, 4) is 5.75 Å². The molecule has 1 unspecified atom stereocenters. The molecule has 0 radical (unpaired) electrons. The number of aromatic nitrogens is 2. The molecule has 1 aromatic carbocycles. The summed E-state index contributed by atoms with van der Waals surface area (Å²) < 4.78 is 13.0. The normalized spacial score (nSPS) is 12.0.